The van der Waals surface area contributed by atoms with Gasteiger partial charge in [-0.15, -0.1) is 5.10 Å². The van der Waals surface area contributed by atoms with Crippen molar-refractivity contribution in [2.24, 2.45) is 0 Å². The topological polar surface area (TPSA) is 86.4 Å². The summed E-state index contributed by atoms with van der Waals surface area (Å²) in [4.78, 5) is 24.8. The fourth-order valence-electron chi connectivity index (χ4n) is 5.26. The van der Waals surface area contributed by atoms with E-state index in [0.29, 0.717) is 30.8 Å². The van der Waals surface area contributed by atoms with Crippen molar-refractivity contribution in [3.05, 3.63) is 130 Å². The summed E-state index contributed by atoms with van der Waals surface area (Å²) < 4.78 is 86.5. The maximum absolute atomic E-state index is 13.5. The van der Waals surface area contributed by atoms with Gasteiger partial charge in [-0.05, 0) is 97.1 Å². The van der Waals surface area contributed by atoms with Gasteiger partial charge in [0.15, 0.2) is 0 Å². The van der Waals surface area contributed by atoms with E-state index in [1.54, 1.807) is 12.1 Å². The van der Waals surface area contributed by atoms with Gasteiger partial charge in [0.1, 0.15) is 11.6 Å². The molecule has 1 aromatic heterocycles. The van der Waals surface area contributed by atoms with Crippen LogP contribution in [0.5, 0.6) is 5.75 Å². The molecule has 13 heteroatoms. The van der Waals surface area contributed by atoms with E-state index in [-0.39, 0.29) is 30.0 Å². The number of ether oxygens (including phenoxy) is 1. The maximum Gasteiger partial charge on any atom is 0.416 e. The molecule has 0 aliphatic rings. The minimum Gasteiger partial charge on any atom is -0.494 e. The van der Waals surface area contributed by atoms with Crippen molar-refractivity contribution in [3.63, 3.8) is 0 Å². The first-order chi connectivity index (χ1) is 22.7. The second-order valence-electron chi connectivity index (χ2n) is 10.9. The third-order valence-electron chi connectivity index (χ3n) is 7.59. The molecule has 0 fully saturated rings. The third-order valence-corrected chi connectivity index (χ3v) is 7.59. The molecule has 0 saturated carbocycles. The number of alkyl halides is 6. The Hall–Kier alpha value is -5.33. The normalized spacial score (nSPS) is 11.9. The first kappa shape index (κ1) is 34.0. The van der Waals surface area contributed by atoms with Gasteiger partial charge in [0.25, 0.3) is 0 Å². The highest BCUT2D eigenvalue weighted by Crippen LogP contribution is 2.31. The molecule has 0 aliphatic carbocycles. The minimum atomic E-state index is -4.58. The molecule has 0 aliphatic heterocycles. The van der Waals surface area contributed by atoms with E-state index < -0.39 is 35.1 Å². The van der Waals surface area contributed by atoms with Crippen molar-refractivity contribution in [1.82, 2.24) is 14.3 Å². The van der Waals surface area contributed by atoms with Crippen LogP contribution in [0.25, 0.3) is 22.5 Å². The summed E-state index contributed by atoms with van der Waals surface area (Å²) in [7, 11) is 0. The van der Waals surface area contributed by atoms with Crippen molar-refractivity contribution in [3.8, 4) is 28.3 Å². The smallest absolute Gasteiger partial charge is 0.416 e. The molecule has 4 aromatic carbocycles. The number of halogens is 6. The van der Waals surface area contributed by atoms with Gasteiger partial charge >= 0.3 is 24.0 Å². The highest BCUT2D eigenvalue weighted by Gasteiger charge is 2.31. The Labute approximate surface area is 270 Å². The Balaban J connectivity index is 1.38. The lowest BCUT2D eigenvalue weighted by molar-refractivity contribution is -0.138. The first-order valence-electron chi connectivity index (χ1n) is 14.9. The number of aliphatic carboxylic acids is 1. The number of carboxylic acid groups (broad SMARTS) is 1. The van der Waals surface area contributed by atoms with Crippen LogP contribution >= 0.6 is 0 Å². The number of aryl methyl sites for hydroxylation is 2. The van der Waals surface area contributed by atoms with Crippen LogP contribution in [0.3, 0.4) is 0 Å². The first-order valence-corrected chi connectivity index (χ1v) is 14.9. The Morgan fingerprint density at radius 3 is 1.88 bits per heavy atom. The molecule has 5 rings (SSSR count). The number of benzene rings is 4. The van der Waals surface area contributed by atoms with Crippen molar-refractivity contribution in [2.45, 2.75) is 45.0 Å². The quantitative estimate of drug-likeness (QED) is 0.145. The van der Waals surface area contributed by atoms with Gasteiger partial charge in [-0.1, -0.05) is 30.3 Å². The van der Waals surface area contributed by atoms with Crippen LogP contribution in [0.1, 0.15) is 41.4 Å². The van der Waals surface area contributed by atoms with Gasteiger partial charge in [-0.25, -0.2) is 9.36 Å². The highest BCUT2D eigenvalue weighted by atomic mass is 19.4. The van der Waals surface area contributed by atoms with Crippen molar-refractivity contribution >= 4 is 5.97 Å². The minimum absolute atomic E-state index is 0.0660. The second-order valence-corrected chi connectivity index (χ2v) is 10.9. The van der Waals surface area contributed by atoms with E-state index in [1.165, 1.54) is 0 Å². The zero-order chi connectivity index (χ0) is 34.6. The van der Waals surface area contributed by atoms with Gasteiger partial charge in [-0.2, -0.15) is 31.0 Å². The lowest BCUT2D eigenvalue weighted by Gasteiger charge is -2.12. The van der Waals surface area contributed by atoms with E-state index in [4.69, 9.17) is 4.74 Å². The van der Waals surface area contributed by atoms with Gasteiger partial charge < -0.3 is 9.84 Å². The molecule has 0 atom stereocenters. The maximum atomic E-state index is 13.5. The lowest BCUT2D eigenvalue weighted by atomic mass is 9.98. The Kier molecular flexibility index (Phi) is 9.78. The van der Waals surface area contributed by atoms with Gasteiger partial charge in [-0.3, -0.25) is 4.79 Å². The summed E-state index contributed by atoms with van der Waals surface area (Å²) in [5.74, 6) is -0.246. The van der Waals surface area contributed by atoms with Crippen LogP contribution in [0.15, 0.2) is 95.8 Å². The molecule has 7 nitrogen and oxygen atoms in total. The molecule has 0 amide bonds. The zero-order valence-corrected chi connectivity index (χ0v) is 25.5. The molecule has 0 radical (unpaired) electrons. The lowest BCUT2D eigenvalue weighted by Crippen LogP contribution is -2.23. The summed E-state index contributed by atoms with van der Waals surface area (Å²) in [6.45, 7) is 2.21. The fraction of sp³-hybridized carbons (Fsp3) is 0.229. The number of rotatable bonds is 11. The molecule has 0 bridgehead atoms. The van der Waals surface area contributed by atoms with E-state index in [9.17, 15) is 41.0 Å². The molecular weight excluding hydrogens is 640 g/mol. The van der Waals surface area contributed by atoms with Crippen LogP contribution in [-0.4, -0.2) is 32.0 Å². The largest absolute Gasteiger partial charge is 0.494 e. The molecule has 0 unspecified atom stereocenters. The SMILES string of the molecule is CCOc1ccc(-c2ccc(CCCc3nn(-c4ccc(C(F)(F)F)cc4)c(=O)n3-c3ccc(C(F)(F)F)cc3)cc2)cc1CC(=O)O. The number of carbonyl (C=O) groups is 1. The zero-order valence-electron chi connectivity index (χ0n) is 25.5. The van der Waals surface area contributed by atoms with Crippen molar-refractivity contribution in [2.75, 3.05) is 6.61 Å². The average molecular weight is 670 g/mol. The number of hydrogen-bond acceptors (Lipinski definition) is 4. The number of carboxylic acids is 1. The Morgan fingerprint density at radius 2 is 1.33 bits per heavy atom. The van der Waals surface area contributed by atoms with Crippen molar-refractivity contribution < 1.29 is 41.0 Å². The van der Waals surface area contributed by atoms with Crippen LogP contribution in [0, 0.1) is 0 Å². The van der Waals surface area contributed by atoms with Crippen LogP contribution < -0.4 is 10.4 Å². The molecule has 1 heterocycles. The standard InChI is InChI=1S/C35H29F6N3O4/c1-2-48-30-19-10-24(20-25(30)21-32(45)46)23-8-6-22(7-9-23)4-3-5-31-42-44(29-17-13-27(14-18-29)35(39,40)41)33(47)43(31)28-15-11-26(12-16-28)34(36,37)38/h6-20H,2-5,21H2,1H3,(H,45,46). The Bertz CT molecular complexity index is 1940. The van der Waals surface area contributed by atoms with E-state index in [1.807, 2.05) is 37.3 Å². The molecule has 250 valence electrons. The summed E-state index contributed by atoms with van der Waals surface area (Å²) in [5, 5.41) is 13.7. The van der Waals surface area contributed by atoms with Gasteiger partial charge in [0.2, 0.25) is 0 Å². The summed E-state index contributed by atoms with van der Waals surface area (Å²) in [5.41, 5.74) is 0.821. The van der Waals surface area contributed by atoms with Crippen molar-refractivity contribution in [1.29, 1.82) is 0 Å². The molecular formula is C35H29F6N3O4. The molecule has 5 aromatic rings. The fourth-order valence-corrected chi connectivity index (χ4v) is 5.26. The molecule has 0 saturated heterocycles. The number of aromatic nitrogens is 3. The summed E-state index contributed by atoms with van der Waals surface area (Å²) >= 11 is 0. The van der Waals surface area contributed by atoms with E-state index in [0.717, 1.165) is 74.5 Å². The van der Waals surface area contributed by atoms with Crippen LogP contribution in [0.2, 0.25) is 0 Å². The highest BCUT2D eigenvalue weighted by molar-refractivity contribution is 5.74. The molecule has 48 heavy (non-hydrogen) atoms. The average Bonchev–Trinajstić information content (AvgIpc) is 3.37. The van der Waals surface area contributed by atoms with E-state index in [2.05, 4.69) is 5.10 Å². The van der Waals surface area contributed by atoms with Crippen LogP contribution in [-0.2, 0) is 36.4 Å². The predicted octanol–water partition coefficient (Wildman–Crippen LogP) is 7.93. The predicted molar refractivity (Wildman–Crippen MR) is 166 cm³/mol. The van der Waals surface area contributed by atoms with Gasteiger partial charge in [0.05, 0.1) is 35.5 Å². The molecule has 1 N–H and O–H groups in total. The Morgan fingerprint density at radius 1 is 0.771 bits per heavy atom. The van der Waals surface area contributed by atoms with Gasteiger partial charge in [0, 0.05) is 12.0 Å². The monoisotopic (exact) mass is 669 g/mol. The second kappa shape index (κ2) is 13.8. The number of hydrogen-bond donors (Lipinski definition) is 1. The summed E-state index contributed by atoms with van der Waals surface area (Å²) in [6, 6.07) is 20.8. The molecule has 0 spiro atoms. The number of nitrogens with zero attached hydrogens (tertiary/aromatic N) is 3. The third kappa shape index (κ3) is 7.79. The van der Waals surface area contributed by atoms with Crippen LogP contribution in [0.4, 0.5) is 26.3 Å². The van der Waals surface area contributed by atoms with E-state index >= 15 is 0 Å². The summed E-state index contributed by atoms with van der Waals surface area (Å²) in [6.07, 6.45) is -8.10.